The van der Waals surface area contributed by atoms with Crippen LogP contribution in [-0.4, -0.2) is 29.5 Å². The first-order valence-corrected chi connectivity index (χ1v) is 10.3. The first-order valence-electron chi connectivity index (χ1n) is 10.3. The summed E-state index contributed by atoms with van der Waals surface area (Å²) < 4.78 is 10.8. The molecule has 0 fully saturated rings. The van der Waals surface area contributed by atoms with E-state index in [9.17, 15) is 0 Å². The smallest absolute Gasteiger partial charge is 0.123 e. The van der Waals surface area contributed by atoms with Gasteiger partial charge < -0.3 is 19.7 Å². The van der Waals surface area contributed by atoms with Crippen LogP contribution in [0.15, 0.2) is 43.5 Å². The summed E-state index contributed by atoms with van der Waals surface area (Å²) in [5.74, 6) is 2.26. The van der Waals surface area contributed by atoms with E-state index in [2.05, 4.69) is 33.9 Å². The molecule has 4 heteroatoms. The van der Waals surface area contributed by atoms with E-state index >= 15 is 0 Å². The van der Waals surface area contributed by atoms with Crippen LogP contribution in [0.25, 0.3) is 0 Å². The van der Waals surface area contributed by atoms with E-state index in [4.69, 9.17) is 19.7 Å². The zero-order valence-electron chi connectivity index (χ0n) is 18.6. The van der Waals surface area contributed by atoms with Gasteiger partial charge in [0.1, 0.15) is 24.7 Å². The van der Waals surface area contributed by atoms with Gasteiger partial charge >= 0.3 is 0 Å². The highest BCUT2D eigenvalue weighted by atomic mass is 16.5. The standard InChI is InChI=1S/C13H16O3.C7H16.C4H10O/c1-3-5-15-12-7-11(10-14)8-13(9-12)16-6-4-2;1-4-6-7(3)5-2;1-3-4(2)5/h3-4,7-9,14H,1-2,5-6,10H2;7H,4-6H2,1-3H3;4-5H,3H2,1-2H3. The van der Waals surface area contributed by atoms with Gasteiger partial charge in [0.25, 0.3) is 0 Å². The number of aliphatic hydroxyl groups excluding tert-OH is 2. The summed E-state index contributed by atoms with van der Waals surface area (Å²) in [6, 6.07) is 5.31. The zero-order valence-corrected chi connectivity index (χ0v) is 18.6. The molecule has 1 aromatic rings. The molecule has 1 rings (SSSR count). The Labute approximate surface area is 172 Å². The molecule has 0 bridgehead atoms. The van der Waals surface area contributed by atoms with Crippen molar-refractivity contribution in [3.63, 3.8) is 0 Å². The summed E-state index contributed by atoms with van der Waals surface area (Å²) >= 11 is 0. The molecular formula is C24H42O4. The number of hydrogen-bond acceptors (Lipinski definition) is 4. The fourth-order valence-corrected chi connectivity index (χ4v) is 1.90. The lowest BCUT2D eigenvalue weighted by Crippen LogP contribution is -1.98. The van der Waals surface area contributed by atoms with E-state index in [0.717, 1.165) is 17.9 Å². The Bertz CT molecular complexity index is 467. The summed E-state index contributed by atoms with van der Waals surface area (Å²) in [6.45, 7) is 18.5. The highest BCUT2D eigenvalue weighted by Gasteiger charge is 2.02. The van der Waals surface area contributed by atoms with Gasteiger partial charge in [-0.05, 0) is 37.0 Å². The second-order valence-electron chi connectivity index (χ2n) is 6.73. The number of aliphatic hydroxyl groups is 2. The van der Waals surface area contributed by atoms with Crippen LogP contribution in [0.4, 0.5) is 0 Å². The van der Waals surface area contributed by atoms with Crippen molar-refractivity contribution in [2.24, 2.45) is 5.92 Å². The monoisotopic (exact) mass is 394 g/mol. The maximum Gasteiger partial charge on any atom is 0.123 e. The Hall–Kier alpha value is -1.78. The highest BCUT2D eigenvalue weighted by molar-refractivity contribution is 5.38. The topological polar surface area (TPSA) is 58.9 Å². The van der Waals surface area contributed by atoms with Gasteiger partial charge in [0.15, 0.2) is 0 Å². The summed E-state index contributed by atoms with van der Waals surface area (Å²) in [4.78, 5) is 0. The summed E-state index contributed by atoms with van der Waals surface area (Å²) in [7, 11) is 0. The van der Waals surface area contributed by atoms with Crippen LogP contribution in [0.2, 0.25) is 0 Å². The number of ether oxygens (including phenoxy) is 2. The Kier molecular flexibility index (Phi) is 20.3. The van der Waals surface area contributed by atoms with Crippen molar-refractivity contribution in [3.05, 3.63) is 49.1 Å². The molecule has 162 valence electrons. The fraction of sp³-hybridized carbons (Fsp3) is 0.583. The molecule has 0 aliphatic rings. The third kappa shape index (κ3) is 17.6. The lowest BCUT2D eigenvalue weighted by atomic mass is 10.0. The van der Waals surface area contributed by atoms with Crippen LogP contribution in [-0.2, 0) is 6.61 Å². The molecule has 0 amide bonds. The lowest BCUT2D eigenvalue weighted by molar-refractivity contribution is 0.191. The van der Waals surface area contributed by atoms with Crippen LogP contribution in [0.1, 0.15) is 65.9 Å². The van der Waals surface area contributed by atoms with Gasteiger partial charge in [-0.3, -0.25) is 0 Å². The fourth-order valence-electron chi connectivity index (χ4n) is 1.90. The molecule has 4 nitrogen and oxygen atoms in total. The molecule has 0 aliphatic heterocycles. The van der Waals surface area contributed by atoms with Crippen molar-refractivity contribution in [3.8, 4) is 11.5 Å². The largest absolute Gasteiger partial charge is 0.489 e. The van der Waals surface area contributed by atoms with Crippen LogP contribution in [0, 0.1) is 5.92 Å². The van der Waals surface area contributed by atoms with Crippen LogP contribution in [0.3, 0.4) is 0 Å². The molecule has 0 saturated carbocycles. The Morgan fingerprint density at radius 2 is 1.39 bits per heavy atom. The maximum absolute atomic E-state index is 9.09. The molecule has 0 aliphatic carbocycles. The van der Waals surface area contributed by atoms with E-state index < -0.39 is 0 Å². The third-order valence-corrected chi connectivity index (χ3v) is 3.93. The van der Waals surface area contributed by atoms with Crippen LogP contribution >= 0.6 is 0 Å². The van der Waals surface area contributed by atoms with E-state index in [-0.39, 0.29) is 12.7 Å². The Balaban J connectivity index is 0. The molecule has 2 atom stereocenters. The van der Waals surface area contributed by atoms with Gasteiger partial charge in [-0.25, -0.2) is 0 Å². The number of rotatable bonds is 11. The van der Waals surface area contributed by atoms with Crippen molar-refractivity contribution in [1.29, 1.82) is 0 Å². The van der Waals surface area contributed by atoms with Crippen molar-refractivity contribution in [1.82, 2.24) is 0 Å². The minimum absolute atomic E-state index is 0.0459. The summed E-state index contributed by atoms with van der Waals surface area (Å²) in [6.07, 6.45) is 8.15. The van der Waals surface area contributed by atoms with E-state index in [1.54, 1.807) is 37.3 Å². The predicted molar refractivity (Wildman–Crippen MR) is 120 cm³/mol. The van der Waals surface area contributed by atoms with E-state index in [1.165, 1.54) is 19.3 Å². The highest BCUT2D eigenvalue weighted by Crippen LogP contribution is 2.23. The quantitative estimate of drug-likeness (QED) is 0.458. The summed E-state index contributed by atoms with van der Waals surface area (Å²) in [5, 5.41) is 17.4. The van der Waals surface area contributed by atoms with Crippen molar-refractivity contribution in [2.75, 3.05) is 13.2 Å². The number of hydrogen-bond donors (Lipinski definition) is 2. The molecule has 28 heavy (non-hydrogen) atoms. The van der Waals surface area contributed by atoms with Gasteiger partial charge in [0.05, 0.1) is 12.7 Å². The molecule has 2 unspecified atom stereocenters. The molecule has 0 heterocycles. The van der Waals surface area contributed by atoms with Gasteiger partial charge in [0.2, 0.25) is 0 Å². The molecule has 2 N–H and O–H groups in total. The zero-order chi connectivity index (χ0) is 21.8. The van der Waals surface area contributed by atoms with E-state index in [1.807, 2.05) is 6.92 Å². The SMILES string of the molecule is C=CCOc1cc(CO)cc(OCC=C)c1.CCC(C)O.CCCC(C)CC. The van der Waals surface area contributed by atoms with Crippen LogP contribution < -0.4 is 9.47 Å². The Morgan fingerprint density at radius 1 is 0.929 bits per heavy atom. The minimum atomic E-state index is -0.116. The van der Waals surface area contributed by atoms with Crippen molar-refractivity contribution in [2.45, 2.75) is 73.0 Å². The molecule has 0 aromatic heterocycles. The van der Waals surface area contributed by atoms with Gasteiger partial charge in [0, 0.05) is 6.07 Å². The lowest BCUT2D eigenvalue weighted by Gasteiger charge is -2.09. The second kappa shape index (κ2) is 20.0. The van der Waals surface area contributed by atoms with Crippen molar-refractivity contribution < 1.29 is 19.7 Å². The van der Waals surface area contributed by atoms with Gasteiger partial charge in [-0.1, -0.05) is 72.3 Å². The predicted octanol–water partition coefficient (Wildman–Crippen LogP) is 5.92. The van der Waals surface area contributed by atoms with Crippen LogP contribution in [0.5, 0.6) is 11.5 Å². The normalized spacial score (nSPS) is 11.7. The molecule has 1 aromatic carbocycles. The minimum Gasteiger partial charge on any atom is -0.489 e. The molecule has 0 radical (unpaired) electrons. The van der Waals surface area contributed by atoms with Crippen molar-refractivity contribution >= 4 is 0 Å². The van der Waals surface area contributed by atoms with Gasteiger partial charge in [-0.15, -0.1) is 0 Å². The first kappa shape index (κ1) is 28.4. The molecular weight excluding hydrogens is 352 g/mol. The second-order valence-corrected chi connectivity index (χ2v) is 6.73. The number of benzene rings is 1. The molecule has 0 saturated heterocycles. The average molecular weight is 395 g/mol. The summed E-state index contributed by atoms with van der Waals surface area (Å²) in [5.41, 5.74) is 0.751. The third-order valence-electron chi connectivity index (χ3n) is 3.93. The van der Waals surface area contributed by atoms with E-state index in [0.29, 0.717) is 24.7 Å². The van der Waals surface area contributed by atoms with Gasteiger partial charge in [-0.2, -0.15) is 0 Å². The molecule has 0 spiro atoms. The average Bonchev–Trinajstić information content (AvgIpc) is 2.71. The Morgan fingerprint density at radius 3 is 1.64 bits per heavy atom. The first-order chi connectivity index (χ1) is 13.4. The maximum atomic E-state index is 9.09.